The van der Waals surface area contributed by atoms with Gasteiger partial charge in [0.25, 0.3) is 0 Å². The van der Waals surface area contributed by atoms with Crippen LogP contribution in [0.2, 0.25) is 0 Å². The second-order valence-corrected chi connectivity index (χ2v) is 6.50. The first-order valence-electron chi connectivity index (χ1n) is 9.32. The van der Waals surface area contributed by atoms with Gasteiger partial charge in [-0.2, -0.15) is 0 Å². The third-order valence-corrected chi connectivity index (χ3v) is 4.30. The van der Waals surface area contributed by atoms with Crippen molar-refractivity contribution in [2.75, 3.05) is 0 Å². The highest BCUT2D eigenvalue weighted by molar-refractivity contribution is 5.86. The topological polar surface area (TPSA) is 72.8 Å². The zero-order valence-electron chi connectivity index (χ0n) is 15.1. The molecule has 1 N–H and O–H groups in total. The van der Waals surface area contributed by atoms with Crippen LogP contribution in [0.25, 0.3) is 0 Å². The molecule has 5 heteroatoms. The van der Waals surface area contributed by atoms with Gasteiger partial charge in [-0.15, -0.1) is 0 Å². The van der Waals surface area contributed by atoms with E-state index in [0.29, 0.717) is 12.0 Å². The Labute approximate surface area is 145 Å². The molecule has 1 aliphatic rings. The summed E-state index contributed by atoms with van der Waals surface area (Å²) in [5.41, 5.74) is 0.353. The molecule has 0 amide bonds. The molecule has 0 aliphatic carbocycles. The minimum Gasteiger partial charge on any atom is -0.458 e. The van der Waals surface area contributed by atoms with Crippen molar-refractivity contribution in [1.29, 1.82) is 0 Å². The van der Waals surface area contributed by atoms with Crippen molar-refractivity contribution in [2.24, 2.45) is 0 Å². The Balaban J connectivity index is 2.18. The molecule has 0 radical (unpaired) electrons. The van der Waals surface area contributed by atoms with Crippen molar-refractivity contribution >= 4 is 11.9 Å². The van der Waals surface area contributed by atoms with Crippen LogP contribution in [-0.4, -0.2) is 29.4 Å². The molecule has 5 nitrogen and oxygen atoms in total. The average Bonchev–Trinajstić information content (AvgIpc) is 2.86. The molecule has 0 aromatic heterocycles. The number of unbranched alkanes of at least 4 members (excludes halogenated alkanes) is 9. The van der Waals surface area contributed by atoms with E-state index in [4.69, 9.17) is 4.74 Å². The van der Waals surface area contributed by atoms with Crippen molar-refractivity contribution in [3.63, 3.8) is 0 Å². The van der Waals surface area contributed by atoms with Gasteiger partial charge in [0, 0.05) is 18.6 Å². The summed E-state index contributed by atoms with van der Waals surface area (Å²) in [4.78, 5) is 22.4. The number of esters is 2. The summed E-state index contributed by atoms with van der Waals surface area (Å²) < 4.78 is 9.90. The zero-order chi connectivity index (χ0) is 17.8. The Hall–Kier alpha value is -1.36. The largest absolute Gasteiger partial charge is 0.458 e. The van der Waals surface area contributed by atoms with E-state index in [0.717, 1.165) is 19.3 Å². The van der Waals surface area contributed by atoms with Gasteiger partial charge in [-0.3, -0.25) is 4.79 Å². The van der Waals surface area contributed by atoms with Gasteiger partial charge in [0.1, 0.15) is 6.10 Å². The van der Waals surface area contributed by atoms with Crippen LogP contribution < -0.4 is 0 Å². The highest BCUT2D eigenvalue weighted by Crippen LogP contribution is 2.24. The van der Waals surface area contributed by atoms with E-state index in [1.165, 1.54) is 57.9 Å². The number of rotatable bonds is 13. The van der Waals surface area contributed by atoms with Crippen LogP contribution in [0.1, 0.15) is 84.5 Å². The van der Waals surface area contributed by atoms with E-state index in [1.807, 2.05) is 0 Å². The molecule has 0 spiro atoms. The molecule has 0 aromatic carbocycles. The summed E-state index contributed by atoms with van der Waals surface area (Å²) in [5.74, 6) is -1.00. The van der Waals surface area contributed by atoms with Crippen molar-refractivity contribution < 1.29 is 24.2 Å². The highest BCUT2D eigenvalue weighted by Gasteiger charge is 2.31. The minimum atomic E-state index is -1.29. The number of cyclic esters (lactones) is 1. The third-order valence-electron chi connectivity index (χ3n) is 4.30. The summed E-state index contributed by atoms with van der Waals surface area (Å²) in [6.07, 6.45) is 12.2. The molecule has 1 rings (SSSR count). The van der Waals surface area contributed by atoms with E-state index in [2.05, 4.69) is 11.7 Å². The van der Waals surface area contributed by atoms with Crippen molar-refractivity contribution in [3.8, 4) is 0 Å². The van der Waals surface area contributed by atoms with Gasteiger partial charge in [0.15, 0.2) is 0 Å². The van der Waals surface area contributed by atoms with Gasteiger partial charge in [-0.25, -0.2) is 4.79 Å². The zero-order valence-corrected chi connectivity index (χ0v) is 15.1. The predicted octanol–water partition coefficient (Wildman–Crippen LogP) is 4.03. The first-order chi connectivity index (χ1) is 11.5. The molecule has 1 aliphatic heterocycles. The molecular formula is C19H32O5. The Kier molecular flexibility index (Phi) is 10.4. The number of carbonyl (C=O) groups excluding carboxylic acids is 2. The molecule has 0 aromatic rings. The van der Waals surface area contributed by atoms with Crippen LogP contribution in [0.5, 0.6) is 0 Å². The Bertz CT molecular complexity index is 416. The van der Waals surface area contributed by atoms with Gasteiger partial charge in [0.2, 0.25) is 6.29 Å². The quantitative estimate of drug-likeness (QED) is 0.405. The fourth-order valence-corrected chi connectivity index (χ4v) is 2.98. The standard InChI is InChI=1S/C19H32O5/c1-3-4-5-6-7-8-9-10-11-12-13-17(23-15(2)20)16-14-18(21)24-19(16)22/h14,17,19,22H,3-13H2,1-2H3. The number of hydrogen-bond donors (Lipinski definition) is 1. The van der Waals surface area contributed by atoms with Crippen LogP contribution in [0.4, 0.5) is 0 Å². The maximum absolute atomic E-state index is 11.2. The third kappa shape index (κ3) is 8.48. The average molecular weight is 340 g/mol. The summed E-state index contributed by atoms with van der Waals surface area (Å²) >= 11 is 0. The lowest BCUT2D eigenvalue weighted by molar-refractivity contribution is -0.153. The van der Waals surface area contributed by atoms with Crippen LogP contribution >= 0.6 is 0 Å². The molecule has 24 heavy (non-hydrogen) atoms. The predicted molar refractivity (Wildman–Crippen MR) is 92.2 cm³/mol. The lowest BCUT2D eigenvalue weighted by atomic mass is 10.0. The maximum Gasteiger partial charge on any atom is 0.333 e. The molecular weight excluding hydrogens is 308 g/mol. The first-order valence-corrected chi connectivity index (χ1v) is 9.32. The van der Waals surface area contributed by atoms with Gasteiger partial charge >= 0.3 is 11.9 Å². The van der Waals surface area contributed by atoms with E-state index in [-0.39, 0.29) is 0 Å². The molecule has 0 bridgehead atoms. The van der Waals surface area contributed by atoms with Crippen molar-refractivity contribution in [2.45, 2.75) is 96.9 Å². The Morgan fingerprint density at radius 2 is 1.67 bits per heavy atom. The SMILES string of the molecule is CCCCCCCCCCCCC(OC(C)=O)C1=CC(=O)OC1O. The van der Waals surface area contributed by atoms with E-state index in [9.17, 15) is 14.7 Å². The Morgan fingerprint density at radius 3 is 2.12 bits per heavy atom. The summed E-state index contributed by atoms with van der Waals surface area (Å²) in [6.45, 7) is 3.56. The van der Waals surface area contributed by atoms with Gasteiger partial charge in [-0.1, -0.05) is 64.7 Å². The number of aliphatic hydroxyl groups excluding tert-OH is 1. The highest BCUT2D eigenvalue weighted by atomic mass is 16.6. The molecule has 0 fully saturated rings. The second-order valence-electron chi connectivity index (χ2n) is 6.50. The van der Waals surface area contributed by atoms with Gasteiger partial charge in [0.05, 0.1) is 0 Å². The molecule has 0 saturated heterocycles. The van der Waals surface area contributed by atoms with Crippen LogP contribution in [0.3, 0.4) is 0 Å². The van der Waals surface area contributed by atoms with E-state index in [1.54, 1.807) is 0 Å². The fraction of sp³-hybridized carbons (Fsp3) is 0.789. The number of ether oxygens (including phenoxy) is 2. The second kappa shape index (κ2) is 12.1. The monoisotopic (exact) mass is 340 g/mol. The smallest absolute Gasteiger partial charge is 0.333 e. The molecule has 2 unspecified atom stereocenters. The molecule has 138 valence electrons. The van der Waals surface area contributed by atoms with Crippen molar-refractivity contribution in [3.05, 3.63) is 11.6 Å². The van der Waals surface area contributed by atoms with Gasteiger partial charge in [-0.05, 0) is 12.8 Å². The van der Waals surface area contributed by atoms with Gasteiger partial charge < -0.3 is 14.6 Å². The maximum atomic E-state index is 11.2. The van der Waals surface area contributed by atoms with E-state index >= 15 is 0 Å². The van der Waals surface area contributed by atoms with Crippen LogP contribution in [0, 0.1) is 0 Å². The Morgan fingerprint density at radius 1 is 1.12 bits per heavy atom. The number of aliphatic hydroxyl groups is 1. The fourth-order valence-electron chi connectivity index (χ4n) is 2.98. The summed E-state index contributed by atoms with van der Waals surface area (Å²) in [5, 5.41) is 9.70. The lowest BCUT2D eigenvalue weighted by Crippen LogP contribution is -2.25. The van der Waals surface area contributed by atoms with Crippen molar-refractivity contribution in [1.82, 2.24) is 0 Å². The van der Waals surface area contributed by atoms with Crippen LogP contribution in [0.15, 0.2) is 11.6 Å². The normalized spacial score (nSPS) is 18.2. The first kappa shape index (κ1) is 20.7. The minimum absolute atomic E-state index is 0.353. The summed E-state index contributed by atoms with van der Waals surface area (Å²) in [7, 11) is 0. The molecule has 0 saturated carbocycles. The lowest BCUT2D eigenvalue weighted by Gasteiger charge is -2.19. The number of carbonyl (C=O) groups is 2. The number of hydrogen-bond acceptors (Lipinski definition) is 5. The molecule has 2 atom stereocenters. The van der Waals surface area contributed by atoms with E-state index < -0.39 is 24.3 Å². The summed E-state index contributed by atoms with van der Waals surface area (Å²) in [6, 6.07) is 0. The van der Waals surface area contributed by atoms with Crippen LogP contribution in [-0.2, 0) is 19.1 Å². The molecule has 1 heterocycles.